The highest BCUT2D eigenvalue weighted by atomic mass is 127. The van der Waals surface area contributed by atoms with Gasteiger partial charge in [0.25, 0.3) is 0 Å². The van der Waals surface area contributed by atoms with Gasteiger partial charge in [0.15, 0.2) is 5.82 Å². The van der Waals surface area contributed by atoms with Crippen LogP contribution in [0.4, 0.5) is 10.6 Å². The first-order valence-electron chi connectivity index (χ1n) is 5.50. The summed E-state index contributed by atoms with van der Waals surface area (Å²) in [6.07, 6.45) is 1.43. The van der Waals surface area contributed by atoms with Crippen LogP contribution in [-0.2, 0) is 0 Å². The van der Waals surface area contributed by atoms with Crippen LogP contribution in [0.1, 0.15) is 44.5 Å². The van der Waals surface area contributed by atoms with Crippen LogP contribution in [0.5, 0.6) is 0 Å². The summed E-state index contributed by atoms with van der Waals surface area (Å²) in [6, 6.07) is 0. The Morgan fingerprint density at radius 3 is 2.53 bits per heavy atom. The Morgan fingerprint density at radius 1 is 1.53 bits per heavy atom. The van der Waals surface area contributed by atoms with Crippen LogP contribution in [0.2, 0.25) is 0 Å². The van der Waals surface area contributed by atoms with E-state index in [2.05, 4.69) is 27.6 Å². The quantitative estimate of drug-likeness (QED) is 0.808. The molecule has 1 N–H and O–H groups in total. The zero-order chi connectivity index (χ0) is 12.8. The number of hydrogen-bond acceptors (Lipinski definition) is 3. The van der Waals surface area contributed by atoms with Gasteiger partial charge >= 0.3 is 6.09 Å². The molecule has 6 heteroatoms. The average molecular weight is 366 g/mol. The second kappa shape index (κ2) is 4.38. The summed E-state index contributed by atoms with van der Waals surface area (Å²) < 4.78 is 0.960. The normalized spacial score (nSPS) is 16.0. The Morgan fingerprint density at radius 2 is 2.12 bits per heavy atom. The maximum Gasteiger partial charge on any atom is 0.413 e. The van der Waals surface area contributed by atoms with Gasteiger partial charge in [-0.15, -0.1) is 11.3 Å². The van der Waals surface area contributed by atoms with Gasteiger partial charge < -0.3 is 5.11 Å². The molecule has 0 radical (unpaired) electrons. The number of carbonyl (C=O) groups is 1. The highest BCUT2D eigenvalue weighted by Crippen LogP contribution is 2.45. The molecule has 0 spiro atoms. The summed E-state index contributed by atoms with van der Waals surface area (Å²) in [5, 5.41) is 10.4. The molecule has 2 rings (SSSR count). The third kappa shape index (κ3) is 2.73. The molecule has 0 atom stereocenters. The molecular formula is C11H15IN2O2S. The van der Waals surface area contributed by atoms with Crippen LogP contribution >= 0.6 is 33.9 Å². The Kier molecular flexibility index (Phi) is 3.37. The van der Waals surface area contributed by atoms with Gasteiger partial charge in [0.1, 0.15) is 2.88 Å². The van der Waals surface area contributed by atoms with E-state index in [0.29, 0.717) is 11.7 Å². The molecule has 1 fully saturated rings. The molecule has 1 heterocycles. The first kappa shape index (κ1) is 13.1. The number of aromatic nitrogens is 1. The van der Waals surface area contributed by atoms with Gasteiger partial charge in [-0.25, -0.2) is 9.78 Å². The molecule has 4 nitrogen and oxygen atoms in total. The third-order valence-corrected chi connectivity index (χ3v) is 4.73. The number of halogens is 1. The molecule has 1 aliphatic carbocycles. The largest absolute Gasteiger partial charge is 0.465 e. The Hall–Kier alpha value is -0.370. The Labute approximate surface area is 118 Å². The van der Waals surface area contributed by atoms with Crippen molar-refractivity contribution in [1.29, 1.82) is 0 Å². The molecule has 0 saturated heterocycles. The smallest absolute Gasteiger partial charge is 0.413 e. The molecular weight excluding hydrogens is 351 g/mol. The molecule has 0 aliphatic heterocycles. The molecule has 1 aliphatic rings. The Balaban J connectivity index is 2.38. The van der Waals surface area contributed by atoms with E-state index < -0.39 is 11.6 Å². The minimum absolute atomic E-state index is 0.472. The minimum Gasteiger partial charge on any atom is -0.465 e. The first-order valence-corrected chi connectivity index (χ1v) is 7.39. The van der Waals surface area contributed by atoms with Gasteiger partial charge in [-0.3, -0.25) is 4.90 Å². The monoisotopic (exact) mass is 366 g/mol. The van der Waals surface area contributed by atoms with Crippen LogP contribution in [0.3, 0.4) is 0 Å². The van der Waals surface area contributed by atoms with Crippen molar-refractivity contribution in [2.45, 2.75) is 45.1 Å². The van der Waals surface area contributed by atoms with E-state index in [1.54, 1.807) is 11.3 Å². The second-order valence-corrected chi connectivity index (χ2v) is 8.05. The van der Waals surface area contributed by atoms with Gasteiger partial charge in [0.2, 0.25) is 0 Å². The zero-order valence-electron chi connectivity index (χ0n) is 10.0. The number of rotatable bonds is 2. The molecule has 0 unspecified atom stereocenters. The van der Waals surface area contributed by atoms with Gasteiger partial charge in [-0.05, 0) is 56.2 Å². The number of amides is 1. The van der Waals surface area contributed by atoms with E-state index in [9.17, 15) is 9.90 Å². The number of anilines is 1. The number of hydrogen-bond donors (Lipinski definition) is 1. The fourth-order valence-corrected chi connectivity index (χ4v) is 3.63. The third-order valence-electron chi connectivity index (χ3n) is 2.59. The summed E-state index contributed by atoms with van der Waals surface area (Å²) in [5.41, 5.74) is -0.472. The minimum atomic E-state index is -0.942. The highest BCUT2D eigenvalue weighted by molar-refractivity contribution is 14.1. The SMILES string of the molecule is CC(C)(C)N(C(=O)O)c1nc(C2CC2)sc1I. The van der Waals surface area contributed by atoms with Crippen LogP contribution in [0.15, 0.2) is 0 Å². The zero-order valence-corrected chi connectivity index (χ0v) is 13.0. The summed E-state index contributed by atoms with van der Waals surface area (Å²) >= 11 is 3.80. The maximum absolute atomic E-state index is 11.4. The molecule has 1 aromatic rings. The summed E-state index contributed by atoms with van der Waals surface area (Å²) in [7, 11) is 0. The summed E-state index contributed by atoms with van der Waals surface area (Å²) in [6.45, 7) is 5.65. The lowest BCUT2D eigenvalue weighted by Crippen LogP contribution is -2.45. The molecule has 1 aromatic heterocycles. The average Bonchev–Trinajstić information content (AvgIpc) is 2.91. The van der Waals surface area contributed by atoms with Crippen LogP contribution < -0.4 is 4.90 Å². The van der Waals surface area contributed by atoms with E-state index in [-0.39, 0.29) is 0 Å². The van der Waals surface area contributed by atoms with Gasteiger partial charge in [0, 0.05) is 11.5 Å². The lowest BCUT2D eigenvalue weighted by molar-refractivity contribution is 0.195. The lowest BCUT2D eigenvalue weighted by atomic mass is 10.1. The summed E-state index contributed by atoms with van der Waals surface area (Å²) in [5.74, 6) is 1.16. The molecule has 1 saturated carbocycles. The van der Waals surface area contributed by atoms with Crippen molar-refractivity contribution >= 4 is 45.8 Å². The van der Waals surface area contributed by atoms with E-state index in [1.807, 2.05) is 20.8 Å². The van der Waals surface area contributed by atoms with Crippen LogP contribution in [0, 0.1) is 2.88 Å². The predicted molar refractivity (Wildman–Crippen MR) is 77.1 cm³/mol. The van der Waals surface area contributed by atoms with E-state index in [0.717, 1.165) is 7.89 Å². The summed E-state index contributed by atoms with van der Waals surface area (Å²) in [4.78, 5) is 17.3. The van der Waals surface area contributed by atoms with Gasteiger partial charge in [-0.1, -0.05) is 0 Å². The van der Waals surface area contributed by atoms with Crippen molar-refractivity contribution in [3.05, 3.63) is 7.89 Å². The highest BCUT2D eigenvalue weighted by Gasteiger charge is 2.34. The second-order valence-electron chi connectivity index (χ2n) is 5.21. The topological polar surface area (TPSA) is 53.4 Å². The van der Waals surface area contributed by atoms with Crippen molar-refractivity contribution in [3.8, 4) is 0 Å². The van der Waals surface area contributed by atoms with Crippen LogP contribution in [-0.4, -0.2) is 21.7 Å². The van der Waals surface area contributed by atoms with E-state index in [4.69, 9.17) is 0 Å². The predicted octanol–water partition coefficient (Wildman–Crippen LogP) is 3.91. The number of thiazole rings is 1. The molecule has 17 heavy (non-hydrogen) atoms. The molecule has 1 amide bonds. The van der Waals surface area contributed by atoms with E-state index >= 15 is 0 Å². The van der Waals surface area contributed by atoms with Gasteiger partial charge in [0.05, 0.1) is 5.01 Å². The Bertz CT molecular complexity index is 449. The van der Waals surface area contributed by atoms with Crippen molar-refractivity contribution in [2.24, 2.45) is 0 Å². The number of nitrogens with zero attached hydrogens (tertiary/aromatic N) is 2. The van der Waals surface area contributed by atoms with Crippen molar-refractivity contribution in [2.75, 3.05) is 4.90 Å². The molecule has 0 bridgehead atoms. The fraction of sp³-hybridized carbons (Fsp3) is 0.636. The van der Waals surface area contributed by atoms with Crippen molar-refractivity contribution < 1.29 is 9.90 Å². The molecule has 94 valence electrons. The van der Waals surface area contributed by atoms with Crippen molar-refractivity contribution in [3.63, 3.8) is 0 Å². The first-order chi connectivity index (χ1) is 7.80. The molecule has 0 aromatic carbocycles. The standard InChI is InChI=1S/C11H15IN2O2S/c1-11(2,3)14(10(15)16)8-7(12)17-9(13-8)6-4-5-6/h6H,4-5H2,1-3H3,(H,15,16). The maximum atomic E-state index is 11.4. The number of carboxylic acid groups (broad SMARTS) is 1. The lowest BCUT2D eigenvalue weighted by Gasteiger charge is -2.31. The van der Waals surface area contributed by atoms with E-state index in [1.165, 1.54) is 17.7 Å². The van der Waals surface area contributed by atoms with Gasteiger partial charge in [-0.2, -0.15) is 0 Å². The van der Waals surface area contributed by atoms with Crippen LogP contribution in [0.25, 0.3) is 0 Å². The fourth-order valence-electron chi connectivity index (χ4n) is 1.65. The van der Waals surface area contributed by atoms with Crippen molar-refractivity contribution in [1.82, 2.24) is 4.98 Å².